The highest BCUT2D eigenvalue weighted by Crippen LogP contribution is 2.19. The van der Waals surface area contributed by atoms with Crippen LogP contribution in [0.5, 0.6) is 0 Å². The molecule has 0 spiro atoms. The fraction of sp³-hybridized carbons (Fsp3) is 0.545. The minimum absolute atomic E-state index is 0.244. The van der Waals surface area contributed by atoms with E-state index in [-0.39, 0.29) is 13.0 Å². The van der Waals surface area contributed by atoms with E-state index in [1.54, 1.807) is 6.92 Å². The number of aldehydes is 1. The molecule has 0 saturated heterocycles. The Morgan fingerprint density at radius 2 is 2.18 bits per heavy atom. The molecule has 6 heteroatoms. The lowest BCUT2D eigenvalue weighted by atomic mass is 9.87. The van der Waals surface area contributed by atoms with Crippen molar-refractivity contribution < 1.29 is 26.0 Å². The van der Waals surface area contributed by atoms with Crippen molar-refractivity contribution in [2.45, 2.75) is 25.9 Å². The Morgan fingerprint density at radius 3 is 2.59 bits per heavy atom. The summed E-state index contributed by atoms with van der Waals surface area (Å²) >= 11 is 0. The summed E-state index contributed by atoms with van der Waals surface area (Å²) in [6.07, 6.45) is 1.22. The molecule has 0 bridgehead atoms. The Balaban J connectivity index is 5.06. The Hall–Kier alpha value is -1.69. The van der Waals surface area contributed by atoms with Crippen LogP contribution in [0.25, 0.3) is 0 Å². The van der Waals surface area contributed by atoms with Gasteiger partial charge in [0, 0.05) is 13.0 Å². The average molecular weight is 244 g/mol. The number of hydrogen-bond donors (Lipinski definition) is 3. The van der Waals surface area contributed by atoms with Crippen molar-refractivity contribution in [3.8, 4) is 0 Å². The molecule has 0 unspecified atom stereocenters. The third-order valence-corrected chi connectivity index (χ3v) is 2.20. The van der Waals surface area contributed by atoms with E-state index in [2.05, 4.69) is 5.32 Å². The molecule has 3 N–H and O–H groups in total. The minimum Gasteiger partial charge on any atom is -0.479 e. The normalized spacial score (nSPS) is 17.0. The smallest absolute Gasteiger partial charge is 0.336 e. The summed E-state index contributed by atoms with van der Waals surface area (Å²) in [4.78, 5) is 33.0. The molecule has 1 amide bonds. The monoisotopic (exact) mass is 244 g/mol. The van der Waals surface area contributed by atoms with Crippen molar-refractivity contribution in [1.82, 2.24) is 5.32 Å². The number of aliphatic hydroxyl groups is 1. The van der Waals surface area contributed by atoms with Gasteiger partial charge >= 0.3 is 5.97 Å². The molecular formula is C11H17NO5. The van der Waals surface area contributed by atoms with Gasteiger partial charge in [0.25, 0.3) is 0 Å². The molecule has 0 aliphatic rings. The predicted molar refractivity (Wildman–Crippen MR) is 60.3 cm³/mol. The Bertz CT molecular complexity index is 364. The molecule has 0 aromatic carbocycles. The summed E-state index contributed by atoms with van der Waals surface area (Å²) in [5.74, 6) is -3.52. The van der Waals surface area contributed by atoms with E-state index in [1.807, 2.05) is 0 Å². The van der Waals surface area contributed by atoms with E-state index in [4.69, 9.17) is 6.48 Å². The van der Waals surface area contributed by atoms with Gasteiger partial charge in [-0.25, -0.2) is 4.79 Å². The molecule has 0 radical (unpaired) electrons. The van der Waals surface area contributed by atoms with Crippen LogP contribution in [-0.4, -0.2) is 40.5 Å². The summed E-state index contributed by atoms with van der Waals surface area (Å²) in [5.41, 5.74) is -2.28. The van der Waals surface area contributed by atoms with Crippen LogP contribution < -0.4 is 5.32 Å². The lowest BCUT2D eigenvalue weighted by molar-refractivity contribution is -0.163. The molecule has 0 fully saturated rings. The molecule has 0 rings (SSSR count). The van der Waals surface area contributed by atoms with Gasteiger partial charge in [-0.1, -0.05) is 12.2 Å². The maximum atomic E-state index is 11.7. The largest absolute Gasteiger partial charge is 0.479 e. The molecule has 0 saturated carbocycles. The standard InChI is InChI=1S/C11H17NO5/c1-3-12-9(14)8(6-4-5-7-13)11(2,17)10(15)16/h4,6-8,17H,3,5H2,1-2H3,(H,12,14)(H,15,16)/b6-4+/t8-,11+/m1/s1/i7D. The third-order valence-electron chi connectivity index (χ3n) is 2.20. The second-order valence-electron chi connectivity index (χ2n) is 3.60. The SMILES string of the molecule is [2H]C(=O)C/C=C/[C@H](C(=O)NCC)[C@](C)(O)C(=O)O. The van der Waals surface area contributed by atoms with E-state index in [9.17, 15) is 19.5 Å². The summed E-state index contributed by atoms with van der Waals surface area (Å²) in [6.45, 7) is 2.94. The number of allylic oxidation sites excluding steroid dienone is 1. The molecule has 6 nitrogen and oxygen atoms in total. The number of carbonyl (C=O) groups is 3. The maximum Gasteiger partial charge on any atom is 0.336 e. The lowest BCUT2D eigenvalue weighted by Crippen LogP contribution is -2.49. The number of carboxylic acids is 1. The van der Waals surface area contributed by atoms with Crippen LogP contribution in [0.3, 0.4) is 0 Å². The van der Waals surface area contributed by atoms with Crippen LogP contribution in [0.15, 0.2) is 12.2 Å². The van der Waals surface area contributed by atoms with Gasteiger partial charge in [0.1, 0.15) is 7.63 Å². The van der Waals surface area contributed by atoms with Crippen LogP contribution in [0, 0.1) is 5.92 Å². The highest BCUT2D eigenvalue weighted by Gasteiger charge is 2.42. The minimum atomic E-state index is -2.28. The van der Waals surface area contributed by atoms with Crippen molar-refractivity contribution in [2.75, 3.05) is 6.54 Å². The fourth-order valence-corrected chi connectivity index (χ4v) is 1.20. The number of carboxylic acid groups (broad SMARTS) is 1. The van der Waals surface area contributed by atoms with E-state index in [0.717, 1.165) is 13.0 Å². The second-order valence-corrected chi connectivity index (χ2v) is 3.60. The zero-order valence-electron chi connectivity index (χ0n) is 10.8. The number of nitrogens with one attached hydrogen (secondary N) is 1. The summed E-state index contributed by atoms with van der Waals surface area (Å²) in [5, 5.41) is 21.0. The van der Waals surface area contributed by atoms with Gasteiger partial charge in [-0.15, -0.1) is 0 Å². The Morgan fingerprint density at radius 1 is 1.59 bits per heavy atom. The number of rotatable bonds is 7. The van der Waals surface area contributed by atoms with Crippen LogP contribution >= 0.6 is 0 Å². The van der Waals surface area contributed by atoms with E-state index in [1.165, 1.54) is 6.08 Å². The first-order chi connectivity index (χ1) is 8.23. The molecule has 96 valence electrons. The van der Waals surface area contributed by atoms with Crippen molar-refractivity contribution in [1.29, 1.82) is 0 Å². The molecule has 2 atom stereocenters. The molecule has 0 aliphatic carbocycles. The summed E-state index contributed by atoms with van der Waals surface area (Å²) in [6, 6.07) is 0. The van der Waals surface area contributed by atoms with Crippen molar-refractivity contribution >= 4 is 18.1 Å². The Kier molecular flexibility index (Phi) is 5.35. The first kappa shape index (κ1) is 13.4. The van der Waals surface area contributed by atoms with Crippen molar-refractivity contribution in [3.63, 3.8) is 0 Å². The zero-order chi connectivity index (χ0) is 14.3. The van der Waals surface area contributed by atoms with Gasteiger partial charge in [0.05, 0.1) is 5.92 Å². The average Bonchev–Trinajstić information content (AvgIpc) is 2.23. The number of amides is 1. The van der Waals surface area contributed by atoms with Crippen LogP contribution in [0.4, 0.5) is 0 Å². The van der Waals surface area contributed by atoms with Crippen LogP contribution in [0.2, 0.25) is 0 Å². The predicted octanol–water partition coefficient (Wildman–Crippen LogP) is -0.281. The second kappa shape index (κ2) is 6.80. The van der Waals surface area contributed by atoms with Gasteiger partial charge in [-0.05, 0) is 13.8 Å². The van der Waals surface area contributed by atoms with E-state index in [0.29, 0.717) is 0 Å². The van der Waals surface area contributed by atoms with Gasteiger partial charge in [-0.2, -0.15) is 0 Å². The number of carbonyl (C=O) groups excluding carboxylic acids is 2. The quantitative estimate of drug-likeness (QED) is 0.422. The molecule has 0 heterocycles. The maximum absolute atomic E-state index is 11.7. The first-order valence-electron chi connectivity index (χ1n) is 5.63. The van der Waals surface area contributed by atoms with Crippen LogP contribution in [-0.2, 0) is 14.4 Å². The van der Waals surface area contributed by atoms with E-state index < -0.39 is 29.7 Å². The van der Waals surface area contributed by atoms with Gasteiger partial charge in [0.2, 0.25) is 5.91 Å². The summed E-state index contributed by atoms with van der Waals surface area (Å²) < 4.78 is 6.68. The van der Waals surface area contributed by atoms with Gasteiger partial charge in [0.15, 0.2) is 5.60 Å². The third kappa shape index (κ3) is 4.36. The first-order valence-corrected chi connectivity index (χ1v) is 5.13. The lowest BCUT2D eigenvalue weighted by Gasteiger charge is -2.25. The summed E-state index contributed by atoms with van der Waals surface area (Å²) in [7, 11) is 0. The number of hydrogen-bond acceptors (Lipinski definition) is 4. The molecular weight excluding hydrogens is 226 g/mol. The molecule has 17 heavy (non-hydrogen) atoms. The topological polar surface area (TPSA) is 104 Å². The highest BCUT2D eigenvalue weighted by atomic mass is 16.4. The highest BCUT2D eigenvalue weighted by molar-refractivity contribution is 5.90. The molecule has 0 aromatic rings. The van der Waals surface area contributed by atoms with Gasteiger partial charge < -0.3 is 20.3 Å². The zero-order valence-corrected chi connectivity index (χ0v) is 9.77. The Labute approximate surface area is 101 Å². The number of aliphatic carboxylic acids is 1. The van der Waals surface area contributed by atoms with E-state index >= 15 is 0 Å². The fourth-order valence-electron chi connectivity index (χ4n) is 1.20. The van der Waals surface area contributed by atoms with Crippen molar-refractivity contribution in [3.05, 3.63) is 12.2 Å². The van der Waals surface area contributed by atoms with Crippen LogP contribution in [0.1, 0.15) is 21.6 Å². The molecule has 0 aromatic heterocycles. The van der Waals surface area contributed by atoms with Crippen molar-refractivity contribution in [2.24, 2.45) is 5.92 Å². The van der Waals surface area contributed by atoms with Gasteiger partial charge in [-0.3, -0.25) is 4.79 Å². The molecule has 0 aliphatic heterocycles.